The summed E-state index contributed by atoms with van der Waals surface area (Å²) in [6.07, 6.45) is 3.16. The van der Waals surface area contributed by atoms with Gasteiger partial charge in [-0.1, -0.05) is 122 Å². The van der Waals surface area contributed by atoms with Gasteiger partial charge in [-0.2, -0.15) is 0 Å². The van der Waals surface area contributed by atoms with Gasteiger partial charge in [0.05, 0.1) is 12.2 Å². The lowest BCUT2D eigenvalue weighted by atomic mass is 9.74. The Morgan fingerprint density at radius 1 is 0.915 bits per heavy atom. The molecule has 0 bridgehead atoms. The molecule has 1 saturated carbocycles. The maximum absolute atomic E-state index is 7.90. The maximum Gasteiger partial charge on any atom is 0.261 e. The summed E-state index contributed by atoms with van der Waals surface area (Å²) in [5.41, 5.74) is -0.552. The third kappa shape index (κ3) is 8.42. The van der Waals surface area contributed by atoms with Crippen molar-refractivity contribution in [1.29, 1.82) is 0 Å². The molecule has 0 unspecified atom stereocenters. The monoisotopic (exact) mass is 680 g/mol. The molecule has 47 heavy (non-hydrogen) atoms. The van der Waals surface area contributed by atoms with E-state index in [-0.39, 0.29) is 41.8 Å². The molecule has 262 valence electrons. The maximum atomic E-state index is 7.90. The molecule has 0 spiro atoms. The number of methoxy groups -OCH3 is 1. The minimum Gasteiger partial charge on any atom is -0.496 e. The van der Waals surface area contributed by atoms with Gasteiger partial charge in [-0.15, -0.1) is 6.58 Å². The third-order valence-corrected chi connectivity index (χ3v) is 20.7. The smallest absolute Gasteiger partial charge is 0.261 e. The Bertz CT molecular complexity index is 1190. The van der Waals surface area contributed by atoms with E-state index in [1.165, 1.54) is 10.4 Å². The van der Waals surface area contributed by atoms with E-state index in [2.05, 4.69) is 129 Å². The van der Waals surface area contributed by atoms with Gasteiger partial charge >= 0.3 is 0 Å². The first-order valence-corrected chi connectivity index (χ1v) is 22.3. The van der Waals surface area contributed by atoms with E-state index in [1.54, 1.807) is 7.11 Å². The lowest BCUT2D eigenvalue weighted by Crippen LogP contribution is -2.68. The van der Waals surface area contributed by atoms with Gasteiger partial charge in [-0.05, 0) is 72.1 Å². The first kappa shape index (κ1) is 39.4. The van der Waals surface area contributed by atoms with Crippen LogP contribution in [-0.2, 0) is 23.1 Å². The molecule has 0 amide bonds. The van der Waals surface area contributed by atoms with Crippen LogP contribution in [0, 0.1) is 17.8 Å². The highest BCUT2D eigenvalue weighted by Gasteiger charge is 2.59. The van der Waals surface area contributed by atoms with E-state index in [9.17, 15) is 0 Å². The van der Waals surface area contributed by atoms with E-state index in [1.807, 2.05) is 13.0 Å². The van der Waals surface area contributed by atoms with Crippen molar-refractivity contribution in [1.82, 2.24) is 0 Å². The minimum absolute atomic E-state index is 0.0481. The van der Waals surface area contributed by atoms with Crippen LogP contribution in [-0.4, -0.2) is 55.0 Å². The fourth-order valence-corrected chi connectivity index (χ4v) is 15.8. The zero-order valence-corrected chi connectivity index (χ0v) is 33.1. The Morgan fingerprint density at radius 2 is 1.45 bits per heavy atom. The average Bonchev–Trinajstić information content (AvgIpc) is 3.39. The normalized spacial score (nSPS) is 22.4. The van der Waals surface area contributed by atoms with Crippen molar-refractivity contribution in [3.05, 3.63) is 85.7 Å². The van der Waals surface area contributed by atoms with Crippen LogP contribution < -0.4 is 10.4 Å². The second-order valence-electron chi connectivity index (χ2n) is 14.6. The molecule has 0 radical (unpaired) electrons. The van der Waals surface area contributed by atoms with Crippen molar-refractivity contribution in [2.45, 2.75) is 116 Å². The van der Waals surface area contributed by atoms with Crippen LogP contribution in [0.2, 0.25) is 23.2 Å². The van der Waals surface area contributed by atoms with Gasteiger partial charge in [0.15, 0.2) is 8.32 Å². The SMILES string of the molecule is C=CC[C@](C)(OCOC)[C@H]1C[C@H](O[Si](c2ccccc2)(c2ccccc2)C(C)(C)C)[C@H](C)[C@H]1[C@H](O[Si](CC)(CC)CC)C(=C)OCC. The standard InChI is InChI=1S/C40H64O5Si2/c1-13-28-40(11,43-30-41-12)35-29-36(31(6)37(35)38(32(7)42-14-2)45-46(15-3,16-4)17-5)44-47(39(8,9)10,33-24-20-18-21-25-33)34-26-22-19-23-27-34/h13,18-27,31,35-38H,1,7,14-17,28-30H2,2-6,8-12H3/t31-,35-,36-,37+,38+,40-/m0/s1. The molecule has 1 aliphatic rings. The van der Waals surface area contributed by atoms with E-state index in [0.29, 0.717) is 13.0 Å². The molecular weight excluding hydrogens is 617 g/mol. The number of ether oxygens (including phenoxy) is 3. The van der Waals surface area contributed by atoms with Gasteiger partial charge in [-0.25, -0.2) is 0 Å². The molecule has 5 nitrogen and oxygen atoms in total. The third-order valence-electron chi connectivity index (χ3n) is 11.0. The van der Waals surface area contributed by atoms with Crippen LogP contribution >= 0.6 is 0 Å². The quantitative estimate of drug-likeness (QED) is 0.0641. The number of hydrogen-bond acceptors (Lipinski definition) is 5. The van der Waals surface area contributed by atoms with Gasteiger partial charge < -0.3 is 23.1 Å². The summed E-state index contributed by atoms with van der Waals surface area (Å²) in [4.78, 5) is 0. The zero-order valence-electron chi connectivity index (χ0n) is 31.1. The van der Waals surface area contributed by atoms with Crippen LogP contribution in [0.4, 0.5) is 0 Å². The number of hydrogen-bond donors (Lipinski definition) is 0. The van der Waals surface area contributed by atoms with Crippen molar-refractivity contribution in [3.63, 3.8) is 0 Å². The van der Waals surface area contributed by atoms with Gasteiger partial charge in [0.2, 0.25) is 0 Å². The molecule has 0 saturated heterocycles. The fraction of sp³-hybridized carbons (Fsp3) is 0.600. The van der Waals surface area contributed by atoms with Crippen LogP contribution in [0.25, 0.3) is 0 Å². The number of rotatable bonds is 19. The molecule has 0 aromatic heterocycles. The first-order chi connectivity index (χ1) is 22.3. The van der Waals surface area contributed by atoms with E-state index in [0.717, 1.165) is 30.3 Å². The van der Waals surface area contributed by atoms with Crippen molar-refractivity contribution in [3.8, 4) is 0 Å². The van der Waals surface area contributed by atoms with Crippen LogP contribution in [0.1, 0.15) is 75.2 Å². The van der Waals surface area contributed by atoms with E-state index in [4.69, 9.17) is 23.1 Å². The van der Waals surface area contributed by atoms with Gasteiger partial charge in [-0.3, -0.25) is 0 Å². The molecule has 6 atom stereocenters. The summed E-state index contributed by atoms with van der Waals surface area (Å²) in [5.74, 6) is 0.987. The molecule has 1 fully saturated rings. The molecule has 1 aliphatic carbocycles. The first-order valence-electron chi connectivity index (χ1n) is 17.9. The molecule has 3 rings (SSSR count). The van der Waals surface area contributed by atoms with Crippen LogP contribution in [0.5, 0.6) is 0 Å². The molecule has 2 aromatic rings. The second-order valence-corrected chi connectivity index (χ2v) is 23.6. The highest BCUT2D eigenvalue weighted by Crippen LogP contribution is 2.53. The molecular formula is C40H64O5Si2. The molecule has 0 aliphatic heterocycles. The highest BCUT2D eigenvalue weighted by molar-refractivity contribution is 6.99. The Kier molecular flexibility index (Phi) is 14.3. The van der Waals surface area contributed by atoms with Crippen molar-refractivity contribution in [2.24, 2.45) is 17.8 Å². The summed E-state index contributed by atoms with van der Waals surface area (Å²) >= 11 is 0. The predicted molar refractivity (Wildman–Crippen MR) is 202 cm³/mol. The Balaban J connectivity index is 2.28. The lowest BCUT2D eigenvalue weighted by Gasteiger charge is -2.46. The van der Waals surface area contributed by atoms with E-state index >= 15 is 0 Å². The van der Waals surface area contributed by atoms with Gasteiger partial charge in [0.25, 0.3) is 8.32 Å². The summed E-state index contributed by atoms with van der Waals surface area (Å²) in [6.45, 7) is 30.0. The van der Waals surface area contributed by atoms with Crippen molar-refractivity contribution < 1.29 is 23.1 Å². The summed E-state index contributed by atoms with van der Waals surface area (Å²) in [7, 11) is -3.21. The minimum atomic E-state index is -2.83. The molecule has 0 heterocycles. The fourth-order valence-electron chi connectivity index (χ4n) is 8.15. The molecule has 0 N–H and O–H groups in total. The van der Waals surface area contributed by atoms with Gasteiger partial charge in [0, 0.05) is 19.1 Å². The van der Waals surface area contributed by atoms with Crippen molar-refractivity contribution >= 4 is 27.0 Å². The lowest BCUT2D eigenvalue weighted by molar-refractivity contribution is -0.160. The van der Waals surface area contributed by atoms with Gasteiger partial charge in [0.1, 0.15) is 18.7 Å². The van der Waals surface area contributed by atoms with Crippen molar-refractivity contribution in [2.75, 3.05) is 20.5 Å². The predicted octanol–water partition coefficient (Wildman–Crippen LogP) is 9.10. The zero-order chi connectivity index (χ0) is 34.9. The van der Waals surface area contributed by atoms with Crippen LogP contribution in [0.3, 0.4) is 0 Å². The topological polar surface area (TPSA) is 46.2 Å². The largest absolute Gasteiger partial charge is 0.496 e. The number of benzene rings is 2. The van der Waals surface area contributed by atoms with Crippen LogP contribution in [0.15, 0.2) is 85.7 Å². The highest BCUT2D eigenvalue weighted by atomic mass is 28.4. The average molecular weight is 681 g/mol. The Morgan fingerprint density at radius 3 is 1.87 bits per heavy atom. The second kappa shape index (κ2) is 17.1. The van der Waals surface area contributed by atoms with E-state index < -0.39 is 22.2 Å². The molecule has 2 aromatic carbocycles. The summed E-state index contributed by atoms with van der Waals surface area (Å²) in [6, 6.07) is 25.0. The Hall–Kier alpha value is -2.01. The molecule has 7 heteroatoms. The summed E-state index contributed by atoms with van der Waals surface area (Å²) in [5, 5.41) is 2.44. The summed E-state index contributed by atoms with van der Waals surface area (Å²) < 4.78 is 33.7. The Labute approximate surface area is 289 Å².